The van der Waals surface area contributed by atoms with Crippen LogP contribution in [0.4, 0.5) is 4.79 Å². The molecule has 7 nitrogen and oxygen atoms in total. The van der Waals surface area contributed by atoms with Crippen LogP contribution in [-0.4, -0.2) is 59.0 Å². The van der Waals surface area contributed by atoms with Gasteiger partial charge in [-0.05, 0) is 25.7 Å². The molecule has 2 aliphatic heterocycles. The van der Waals surface area contributed by atoms with Crippen molar-refractivity contribution in [2.24, 2.45) is 17.6 Å². The molecule has 0 spiro atoms. The Morgan fingerprint density at radius 3 is 2.15 bits per heavy atom. The summed E-state index contributed by atoms with van der Waals surface area (Å²) in [6.07, 6.45) is 2.54. The van der Waals surface area contributed by atoms with Gasteiger partial charge in [-0.15, -0.1) is 0 Å². The summed E-state index contributed by atoms with van der Waals surface area (Å²) in [5.74, 6) is -1.75. The van der Waals surface area contributed by atoms with E-state index in [0.29, 0.717) is 38.9 Å². The van der Waals surface area contributed by atoms with Gasteiger partial charge in [-0.1, -0.05) is 0 Å². The summed E-state index contributed by atoms with van der Waals surface area (Å²) in [6.45, 7) is 1.92. The molecule has 3 N–H and O–H groups in total. The number of nitrogens with zero attached hydrogens (tertiary/aromatic N) is 2. The number of hydrogen-bond donors (Lipinski definition) is 2. The maximum absolute atomic E-state index is 12.3. The number of carboxylic acid groups (broad SMARTS) is 1. The van der Waals surface area contributed by atoms with Crippen molar-refractivity contribution in [3.05, 3.63) is 0 Å². The number of hydrogen-bond acceptors (Lipinski definition) is 3. The van der Waals surface area contributed by atoms with Gasteiger partial charge in [0.05, 0.1) is 5.92 Å². The Balaban J connectivity index is 1.88. The van der Waals surface area contributed by atoms with E-state index >= 15 is 0 Å². The molecule has 3 amide bonds. The number of carboxylic acids is 1. The van der Waals surface area contributed by atoms with Gasteiger partial charge in [0.2, 0.25) is 5.91 Å². The molecule has 0 radical (unpaired) electrons. The van der Waals surface area contributed by atoms with Crippen LogP contribution in [0.2, 0.25) is 0 Å². The highest BCUT2D eigenvalue weighted by atomic mass is 16.4. The molecule has 7 heteroatoms. The van der Waals surface area contributed by atoms with E-state index in [4.69, 9.17) is 10.8 Å². The van der Waals surface area contributed by atoms with E-state index in [1.54, 1.807) is 9.80 Å². The van der Waals surface area contributed by atoms with E-state index in [0.717, 1.165) is 6.42 Å². The number of piperidine rings is 2. The van der Waals surface area contributed by atoms with E-state index in [1.807, 2.05) is 0 Å². The number of urea groups is 1. The van der Waals surface area contributed by atoms with Crippen molar-refractivity contribution >= 4 is 17.9 Å². The number of aliphatic carboxylic acids is 1. The first-order chi connectivity index (χ1) is 9.49. The molecule has 0 bridgehead atoms. The second-order valence-electron chi connectivity index (χ2n) is 5.57. The average Bonchev–Trinajstić information content (AvgIpc) is 2.46. The molecule has 0 aromatic rings. The summed E-state index contributed by atoms with van der Waals surface area (Å²) in [5.41, 5.74) is 5.26. The normalized spacial score (nSPS) is 24.5. The van der Waals surface area contributed by atoms with Gasteiger partial charge in [0.1, 0.15) is 0 Å². The number of primary amides is 1. The fraction of sp³-hybridized carbons (Fsp3) is 0.769. The standard InChI is InChI=1S/C13H21N3O4/c14-11(17)9-3-6-15(7-4-9)13(20)16-5-1-2-10(8-16)12(18)19/h9-10H,1-8H2,(H2,14,17)(H,18,19). The maximum Gasteiger partial charge on any atom is 0.320 e. The smallest absolute Gasteiger partial charge is 0.320 e. The lowest BCUT2D eigenvalue weighted by molar-refractivity contribution is -0.143. The molecule has 0 saturated carbocycles. The number of likely N-dealkylation sites (tertiary alicyclic amines) is 2. The lowest BCUT2D eigenvalue weighted by atomic mass is 9.96. The number of carbonyl (C=O) groups excluding carboxylic acids is 2. The predicted octanol–water partition coefficient (Wildman–Crippen LogP) is 0.100. The molecule has 0 aliphatic carbocycles. The summed E-state index contributed by atoms with van der Waals surface area (Å²) < 4.78 is 0. The number of nitrogens with two attached hydrogens (primary N) is 1. The quantitative estimate of drug-likeness (QED) is 0.750. The Labute approximate surface area is 117 Å². The molecule has 2 rings (SSSR count). The zero-order valence-electron chi connectivity index (χ0n) is 11.5. The van der Waals surface area contributed by atoms with E-state index in [2.05, 4.69) is 0 Å². The minimum Gasteiger partial charge on any atom is -0.481 e. The molecule has 2 fully saturated rings. The van der Waals surface area contributed by atoms with E-state index in [-0.39, 0.29) is 24.4 Å². The predicted molar refractivity (Wildman–Crippen MR) is 70.8 cm³/mol. The van der Waals surface area contributed by atoms with Crippen LogP contribution in [0.1, 0.15) is 25.7 Å². The number of rotatable bonds is 2. The second kappa shape index (κ2) is 6.11. The Bertz CT molecular complexity index is 404. The lowest BCUT2D eigenvalue weighted by Gasteiger charge is -2.37. The van der Waals surface area contributed by atoms with Crippen molar-refractivity contribution in [1.82, 2.24) is 9.80 Å². The Hall–Kier alpha value is -1.79. The molecule has 1 unspecified atom stereocenters. The monoisotopic (exact) mass is 283 g/mol. The van der Waals surface area contributed by atoms with Crippen molar-refractivity contribution in [2.75, 3.05) is 26.2 Å². The van der Waals surface area contributed by atoms with E-state index in [1.165, 1.54) is 0 Å². The summed E-state index contributed by atoms with van der Waals surface area (Å²) in [6, 6.07) is -0.112. The molecule has 2 aliphatic rings. The van der Waals surface area contributed by atoms with Crippen LogP contribution in [0.25, 0.3) is 0 Å². The van der Waals surface area contributed by atoms with Crippen LogP contribution in [-0.2, 0) is 9.59 Å². The van der Waals surface area contributed by atoms with Gasteiger partial charge >= 0.3 is 12.0 Å². The van der Waals surface area contributed by atoms with Crippen molar-refractivity contribution in [3.63, 3.8) is 0 Å². The first-order valence-corrected chi connectivity index (χ1v) is 7.05. The molecule has 1 atom stereocenters. The highest BCUT2D eigenvalue weighted by Crippen LogP contribution is 2.21. The van der Waals surface area contributed by atoms with Crippen LogP contribution in [0, 0.1) is 11.8 Å². The van der Waals surface area contributed by atoms with Gasteiger partial charge in [-0.25, -0.2) is 4.79 Å². The zero-order chi connectivity index (χ0) is 14.7. The van der Waals surface area contributed by atoms with Gasteiger partial charge in [-0.3, -0.25) is 9.59 Å². The van der Waals surface area contributed by atoms with Crippen LogP contribution in [0.5, 0.6) is 0 Å². The molecule has 0 aromatic carbocycles. The van der Waals surface area contributed by atoms with Crippen molar-refractivity contribution in [1.29, 1.82) is 0 Å². The lowest BCUT2D eigenvalue weighted by Crippen LogP contribution is -2.51. The SMILES string of the molecule is NC(=O)C1CCN(C(=O)N2CCCC(C(=O)O)C2)CC1. The third-order valence-electron chi connectivity index (χ3n) is 4.21. The second-order valence-corrected chi connectivity index (χ2v) is 5.57. The average molecular weight is 283 g/mol. The number of amides is 3. The zero-order valence-corrected chi connectivity index (χ0v) is 11.5. The maximum atomic E-state index is 12.3. The van der Waals surface area contributed by atoms with Crippen LogP contribution >= 0.6 is 0 Å². The van der Waals surface area contributed by atoms with Crippen molar-refractivity contribution in [3.8, 4) is 0 Å². The first-order valence-electron chi connectivity index (χ1n) is 7.05. The Kier molecular flexibility index (Phi) is 4.46. The molecule has 112 valence electrons. The largest absolute Gasteiger partial charge is 0.481 e. The van der Waals surface area contributed by atoms with Crippen LogP contribution in [0.3, 0.4) is 0 Å². The van der Waals surface area contributed by atoms with Crippen LogP contribution in [0.15, 0.2) is 0 Å². The van der Waals surface area contributed by atoms with E-state index in [9.17, 15) is 14.4 Å². The summed E-state index contributed by atoms with van der Waals surface area (Å²) >= 11 is 0. The summed E-state index contributed by atoms with van der Waals surface area (Å²) in [5, 5.41) is 9.04. The van der Waals surface area contributed by atoms with Crippen molar-refractivity contribution in [2.45, 2.75) is 25.7 Å². The molecular weight excluding hydrogens is 262 g/mol. The van der Waals surface area contributed by atoms with Gasteiger partial charge in [0.25, 0.3) is 0 Å². The van der Waals surface area contributed by atoms with Gasteiger partial charge in [0.15, 0.2) is 0 Å². The fourth-order valence-electron chi connectivity index (χ4n) is 2.91. The highest BCUT2D eigenvalue weighted by molar-refractivity contribution is 5.79. The molecule has 20 heavy (non-hydrogen) atoms. The minimum atomic E-state index is -0.838. The van der Waals surface area contributed by atoms with Crippen LogP contribution < -0.4 is 5.73 Å². The van der Waals surface area contributed by atoms with Gasteiger partial charge < -0.3 is 20.6 Å². The topological polar surface area (TPSA) is 104 Å². The Morgan fingerprint density at radius 1 is 0.950 bits per heavy atom. The molecular formula is C13H21N3O4. The summed E-state index contributed by atoms with van der Waals surface area (Å²) in [7, 11) is 0. The van der Waals surface area contributed by atoms with Gasteiger partial charge in [0, 0.05) is 32.1 Å². The van der Waals surface area contributed by atoms with Crippen molar-refractivity contribution < 1.29 is 19.5 Å². The molecule has 2 heterocycles. The number of carbonyl (C=O) groups is 3. The van der Waals surface area contributed by atoms with E-state index < -0.39 is 11.9 Å². The Morgan fingerprint density at radius 2 is 1.60 bits per heavy atom. The van der Waals surface area contributed by atoms with Gasteiger partial charge in [-0.2, -0.15) is 0 Å². The highest BCUT2D eigenvalue weighted by Gasteiger charge is 2.32. The third-order valence-corrected chi connectivity index (χ3v) is 4.21. The molecule has 0 aromatic heterocycles. The molecule has 2 saturated heterocycles. The fourth-order valence-corrected chi connectivity index (χ4v) is 2.91. The summed E-state index contributed by atoms with van der Waals surface area (Å²) in [4.78, 5) is 37.8. The minimum absolute atomic E-state index is 0.112. The first kappa shape index (κ1) is 14.6. The third kappa shape index (κ3) is 3.20.